The monoisotopic (exact) mass is 466 g/mol. The predicted molar refractivity (Wildman–Crippen MR) is 109 cm³/mol. The Bertz CT molecular complexity index is 1170. The van der Waals surface area contributed by atoms with Crippen LogP contribution in [0.1, 0.15) is 24.6 Å². The van der Waals surface area contributed by atoms with Crippen LogP contribution < -0.4 is 29.2 Å². The molecule has 0 saturated carbocycles. The number of nitrogens with one attached hydrogen (secondary N) is 1. The van der Waals surface area contributed by atoms with Gasteiger partial charge in [0.2, 0.25) is 23.6 Å². The highest BCUT2D eigenvalue weighted by Gasteiger charge is 2.36. The van der Waals surface area contributed by atoms with E-state index in [0.29, 0.717) is 30.1 Å². The molecule has 32 heavy (non-hydrogen) atoms. The van der Waals surface area contributed by atoms with Crippen molar-refractivity contribution in [3.8, 4) is 28.7 Å². The van der Waals surface area contributed by atoms with Gasteiger partial charge in [-0.25, -0.2) is 13.9 Å². The van der Waals surface area contributed by atoms with Gasteiger partial charge >= 0.3 is 0 Å². The Labute approximate surface area is 184 Å². The van der Waals surface area contributed by atoms with Gasteiger partial charge in [-0.15, -0.1) is 0 Å². The maximum absolute atomic E-state index is 13.3. The van der Waals surface area contributed by atoms with Crippen LogP contribution in [0.4, 0.5) is 0 Å². The number of amides is 1. The zero-order valence-electron chi connectivity index (χ0n) is 16.8. The lowest BCUT2D eigenvalue weighted by Gasteiger charge is -2.31. The van der Waals surface area contributed by atoms with Gasteiger partial charge in [-0.05, 0) is 37.1 Å². The Morgan fingerprint density at radius 2 is 1.72 bits per heavy atom. The normalized spacial score (nSPS) is 17.9. The van der Waals surface area contributed by atoms with Crippen LogP contribution in [0.2, 0.25) is 0 Å². The highest BCUT2D eigenvalue weighted by Crippen LogP contribution is 2.40. The molecule has 1 fully saturated rings. The number of benzene rings is 2. The summed E-state index contributed by atoms with van der Waals surface area (Å²) in [6.45, 7) is 0.427. The number of hydroxylamine groups is 1. The average molecular weight is 466 g/mol. The smallest absolute Gasteiger partial charge is 0.279 e. The van der Waals surface area contributed by atoms with E-state index in [0.717, 1.165) is 0 Å². The molecule has 1 saturated heterocycles. The van der Waals surface area contributed by atoms with Crippen molar-refractivity contribution < 1.29 is 43.5 Å². The Morgan fingerprint density at radius 3 is 2.50 bits per heavy atom. The van der Waals surface area contributed by atoms with E-state index in [2.05, 4.69) is 0 Å². The molecule has 0 atom stereocenters. The van der Waals surface area contributed by atoms with Crippen LogP contribution in [0.15, 0.2) is 35.2 Å². The van der Waals surface area contributed by atoms with E-state index in [-0.39, 0.29) is 56.2 Å². The fourth-order valence-electron chi connectivity index (χ4n) is 3.91. The van der Waals surface area contributed by atoms with E-state index in [1.165, 1.54) is 21.9 Å². The van der Waals surface area contributed by atoms with Crippen molar-refractivity contribution >= 4 is 15.9 Å². The molecule has 12 heteroatoms. The first-order chi connectivity index (χ1) is 15.5. The van der Waals surface area contributed by atoms with Gasteiger partial charge in [0.15, 0.2) is 23.0 Å². The summed E-state index contributed by atoms with van der Waals surface area (Å²) in [5.74, 6) is 1.11. The summed E-state index contributed by atoms with van der Waals surface area (Å²) in [4.78, 5) is 12.0. The number of hydrogen-bond acceptors (Lipinski definition) is 9. The molecule has 3 heterocycles. The molecule has 0 radical (unpaired) electrons. The fraction of sp³-hybridized carbons (Fsp3) is 0.350. The van der Waals surface area contributed by atoms with Gasteiger partial charge in [0.25, 0.3) is 5.91 Å². The molecule has 11 nitrogen and oxygen atoms in total. The number of piperidine rings is 1. The maximum atomic E-state index is 13.3. The maximum Gasteiger partial charge on any atom is 0.279 e. The van der Waals surface area contributed by atoms with Crippen LogP contribution in [0.5, 0.6) is 28.7 Å². The van der Waals surface area contributed by atoms with Gasteiger partial charge < -0.3 is 23.7 Å². The lowest BCUT2D eigenvalue weighted by molar-refractivity contribution is 0.0697. The molecule has 2 aromatic rings. The number of sulfonamides is 1. The highest BCUT2D eigenvalue weighted by molar-refractivity contribution is 7.89. The highest BCUT2D eigenvalue weighted by atomic mass is 32.2. The SMILES string of the molecule is O=C(NO)c1c(S(=O)(=O)N2CCC(Oc3ccc4c(c3)OCO4)CC2)ccc2c1OCO2.[HH]. The second kappa shape index (κ2) is 8.04. The van der Waals surface area contributed by atoms with Crippen molar-refractivity contribution in [3.05, 3.63) is 35.9 Å². The van der Waals surface area contributed by atoms with Crippen LogP contribution >= 0.6 is 0 Å². The molecule has 3 aliphatic rings. The van der Waals surface area contributed by atoms with Gasteiger partial charge in [0, 0.05) is 20.6 Å². The molecule has 0 bridgehead atoms. The van der Waals surface area contributed by atoms with Crippen LogP contribution in [-0.2, 0) is 10.0 Å². The second-order valence-electron chi connectivity index (χ2n) is 7.35. The zero-order valence-corrected chi connectivity index (χ0v) is 17.6. The summed E-state index contributed by atoms with van der Waals surface area (Å²) in [6, 6.07) is 8.01. The summed E-state index contributed by atoms with van der Waals surface area (Å²) in [6.07, 6.45) is 0.734. The summed E-state index contributed by atoms with van der Waals surface area (Å²) >= 11 is 0. The van der Waals surface area contributed by atoms with Crippen molar-refractivity contribution in [2.24, 2.45) is 0 Å². The molecule has 0 unspecified atom stereocenters. The van der Waals surface area contributed by atoms with Crippen molar-refractivity contribution in [1.29, 1.82) is 0 Å². The van der Waals surface area contributed by atoms with E-state index >= 15 is 0 Å². The molecule has 3 aliphatic heterocycles. The Hall–Kier alpha value is -3.22. The molecule has 0 spiro atoms. The Kier molecular flexibility index (Phi) is 5.19. The van der Waals surface area contributed by atoms with Gasteiger partial charge in [0.05, 0.1) is 4.90 Å². The van der Waals surface area contributed by atoms with E-state index < -0.39 is 15.9 Å². The minimum absolute atomic E-state index is 0. The van der Waals surface area contributed by atoms with Gasteiger partial charge in [-0.2, -0.15) is 4.31 Å². The van der Waals surface area contributed by atoms with Crippen LogP contribution in [0.3, 0.4) is 0 Å². The van der Waals surface area contributed by atoms with E-state index in [1.54, 1.807) is 18.2 Å². The van der Waals surface area contributed by atoms with E-state index in [4.69, 9.17) is 28.9 Å². The van der Waals surface area contributed by atoms with Crippen molar-refractivity contribution in [3.63, 3.8) is 0 Å². The third-order valence-corrected chi connectivity index (χ3v) is 7.44. The van der Waals surface area contributed by atoms with Gasteiger partial charge in [-0.3, -0.25) is 10.0 Å². The second-order valence-corrected chi connectivity index (χ2v) is 9.26. The standard InChI is InChI=1S/C20H20N2O9S.H2/c23-20(21-24)18-17(4-3-15-19(18)30-11-28-15)32(25,26)22-7-5-12(6-8-22)31-13-1-2-14-16(9-13)29-10-27-14;/h1-4,9,12,24H,5-8,10-11H2,(H,21,23);1H. The zero-order chi connectivity index (χ0) is 22.3. The summed E-state index contributed by atoms with van der Waals surface area (Å²) in [5.41, 5.74) is 1.19. The molecule has 172 valence electrons. The molecular formula is C20H22N2O9S. The first-order valence-electron chi connectivity index (χ1n) is 9.91. The van der Waals surface area contributed by atoms with Gasteiger partial charge in [0.1, 0.15) is 17.4 Å². The van der Waals surface area contributed by atoms with Crippen LogP contribution in [0.25, 0.3) is 0 Å². The average Bonchev–Trinajstić information content (AvgIpc) is 3.47. The fourth-order valence-corrected chi connectivity index (χ4v) is 5.57. The summed E-state index contributed by atoms with van der Waals surface area (Å²) in [5, 5.41) is 9.12. The Balaban J connectivity index is 0.00000259. The number of rotatable bonds is 5. The number of nitrogens with zero attached hydrogens (tertiary/aromatic N) is 1. The molecule has 0 aliphatic carbocycles. The van der Waals surface area contributed by atoms with Crippen molar-refractivity contribution in [2.45, 2.75) is 23.8 Å². The first kappa shape index (κ1) is 20.7. The van der Waals surface area contributed by atoms with Crippen molar-refractivity contribution in [2.75, 3.05) is 26.7 Å². The molecular weight excluding hydrogens is 444 g/mol. The number of ether oxygens (including phenoxy) is 5. The third-order valence-electron chi connectivity index (χ3n) is 5.50. The predicted octanol–water partition coefficient (Wildman–Crippen LogP) is 1.74. The molecule has 1 amide bonds. The summed E-state index contributed by atoms with van der Waals surface area (Å²) in [7, 11) is -4.04. The molecule has 0 aromatic heterocycles. The third kappa shape index (κ3) is 3.55. The topological polar surface area (TPSA) is 133 Å². The lowest BCUT2D eigenvalue weighted by Crippen LogP contribution is -2.42. The van der Waals surface area contributed by atoms with Crippen LogP contribution in [0, 0.1) is 0 Å². The van der Waals surface area contributed by atoms with E-state index in [1.807, 2.05) is 0 Å². The van der Waals surface area contributed by atoms with Crippen molar-refractivity contribution in [1.82, 2.24) is 9.79 Å². The number of carbonyl (C=O) groups excluding carboxylic acids is 1. The minimum atomic E-state index is -4.04. The molecule has 2 aromatic carbocycles. The largest absolute Gasteiger partial charge is 0.490 e. The first-order valence-corrected chi connectivity index (χ1v) is 11.3. The van der Waals surface area contributed by atoms with Gasteiger partial charge in [-0.1, -0.05) is 0 Å². The quantitative estimate of drug-likeness (QED) is 0.499. The number of carbonyl (C=O) groups is 1. The van der Waals surface area contributed by atoms with Crippen LogP contribution in [-0.4, -0.2) is 56.6 Å². The lowest BCUT2D eigenvalue weighted by atomic mass is 10.1. The molecule has 2 N–H and O–H groups in total. The number of hydrogen-bond donors (Lipinski definition) is 2. The van der Waals surface area contributed by atoms with E-state index in [9.17, 15) is 13.2 Å². The number of fused-ring (bicyclic) bond motifs is 2. The Morgan fingerprint density at radius 1 is 1.03 bits per heavy atom. The minimum Gasteiger partial charge on any atom is -0.490 e. The summed E-state index contributed by atoms with van der Waals surface area (Å²) < 4.78 is 55.1. The molecule has 5 rings (SSSR count).